The highest BCUT2D eigenvalue weighted by Crippen LogP contribution is 2.31. The predicted octanol–water partition coefficient (Wildman–Crippen LogP) is 0.816. The summed E-state index contributed by atoms with van der Waals surface area (Å²) >= 11 is 0. The van der Waals surface area contributed by atoms with Gasteiger partial charge in [-0.25, -0.2) is 0 Å². The molecule has 4 nitrogen and oxygen atoms in total. The second-order valence-corrected chi connectivity index (χ2v) is 4.16. The standard InChI is InChI=1S/C8H7NO3S/c1-12-7-4-2-3-6-5-9-13(10,11)8(6)7/h2-5H,1H3. The molecule has 0 N–H and O–H groups in total. The molecule has 0 spiro atoms. The van der Waals surface area contributed by atoms with E-state index >= 15 is 0 Å². The van der Waals surface area contributed by atoms with E-state index in [1.54, 1.807) is 18.2 Å². The SMILES string of the molecule is COc1cccc2c1S(=O)(=O)N=C2. The highest BCUT2D eigenvalue weighted by molar-refractivity contribution is 7.90. The van der Waals surface area contributed by atoms with Crippen molar-refractivity contribution in [3.63, 3.8) is 0 Å². The van der Waals surface area contributed by atoms with Crippen molar-refractivity contribution in [3.05, 3.63) is 23.8 Å². The number of rotatable bonds is 1. The van der Waals surface area contributed by atoms with Crippen LogP contribution in [0, 0.1) is 0 Å². The molecule has 1 aromatic rings. The Bertz CT molecular complexity index is 476. The number of ether oxygens (including phenoxy) is 1. The molecule has 5 heteroatoms. The third-order valence-corrected chi connectivity index (χ3v) is 3.15. The molecule has 0 aromatic heterocycles. The molecule has 1 heterocycles. The van der Waals surface area contributed by atoms with Crippen molar-refractivity contribution in [1.29, 1.82) is 0 Å². The van der Waals surface area contributed by atoms with Crippen LogP contribution in [0.25, 0.3) is 0 Å². The van der Waals surface area contributed by atoms with Gasteiger partial charge < -0.3 is 4.74 Å². The van der Waals surface area contributed by atoms with Gasteiger partial charge in [0.15, 0.2) is 0 Å². The molecule has 13 heavy (non-hydrogen) atoms. The first-order valence-electron chi connectivity index (χ1n) is 3.62. The maximum absolute atomic E-state index is 11.4. The average Bonchev–Trinajstić information content (AvgIpc) is 2.43. The Kier molecular flexibility index (Phi) is 1.63. The van der Waals surface area contributed by atoms with Crippen molar-refractivity contribution in [2.45, 2.75) is 4.90 Å². The minimum absolute atomic E-state index is 0.164. The topological polar surface area (TPSA) is 55.7 Å². The molecule has 0 aliphatic carbocycles. The first-order valence-corrected chi connectivity index (χ1v) is 5.06. The van der Waals surface area contributed by atoms with Gasteiger partial charge in [0.05, 0.1) is 7.11 Å². The first-order chi connectivity index (χ1) is 6.15. The van der Waals surface area contributed by atoms with Crippen LogP contribution in [-0.4, -0.2) is 21.7 Å². The molecule has 0 amide bonds. The Morgan fingerprint density at radius 1 is 1.38 bits per heavy atom. The number of fused-ring (bicyclic) bond motifs is 1. The molecule has 2 rings (SSSR count). The van der Waals surface area contributed by atoms with Gasteiger partial charge in [-0.15, -0.1) is 0 Å². The fourth-order valence-electron chi connectivity index (χ4n) is 1.25. The molecule has 0 saturated heterocycles. The van der Waals surface area contributed by atoms with Crippen LogP contribution in [0.5, 0.6) is 5.75 Å². The summed E-state index contributed by atoms with van der Waals surface area (Å²) in [6.45, 7) is 0. The van der Waals surface area contributed by atoms with E-state index in [1.165, 1.54) is 13.3 Å². The van der Waals surface area contributed by atoms with Crippen molar-refractivity contribution in [3.8, 4) is 5.75 Å². The smallest absolute Gasteiger partial charge is 0.286 e. The molecule has 1 aliphatic heterocycles. The minimum Gasteiger partial charge on any atom is -0.495 e. The summed E-state index contributed by atoms with van der Waals surface area (Å²) in [7, 11) is -2.07. The van der Waals surface area contributed by atoms with Gasteiger partial charge in [-0.3, -0.25) is 0 Å². The van der Waals surface area contributed by atoms with Crippen molar-refractivity contribution in [2.75, 3.05) is 7.11 Å². The number of sulfonamides is 1. The van der Waals surface area contributed by atoms with Crippen molar-refractivity contribution >= 4 is 16.2 Å². The van der Waals surface area contributed by atoms with Gasteiger partial charge in [0.1, 0.15) is 10.6 Å². The van der Waals surface area contributed by atoms with Crippen LogP contribution in [0.4, 0.5) is 0 Å². The predicted molar refractivity (Wildman–Crippen MR) is 47.8 cm³/mol. The lowest BCUT2D eigenvalue weighted by Gasteiger charge is -2.03. The molecule has 0 unspecified atom stereocenters. The Balaban J connectivity index is 2.79. The molecule has 68 valence electrons. The quantitative estimate of drug-likeness (QED) is 0.669. The van der Waals surface area contributed by atoms with Gasteiger partial charge in [-0.1, -0.05) is 12.1 Å². The van der Waals surface area contributed by atoms with E-state index < -0.39 is 10.0 Å². The van der Waals surface area contributed by atoms with Crippen LogP contribution < -0.4 is 4.74 Å². The zero-order valence-electron chi connectivity index (χ0n) is 6.89. The fourth-order valence-corrected chi connectivity index (χ4v) is 2.43. The summed E-state index contributed by atoms with van der Waals surface area (Å²) in [5.74, 6) is 0.343. The van der Waals surface area contributed by atoms with E-state index in [9.17, 15) is 8.42 Å². The number of hydrogen-bond donors (Lipinski definition) is 0. The third-order valence-electron chi connectivity index (χ3n) is 1.82. The third kappa shape index (κ3) is 1.12. The molecular formula is C8H7NO3S. The van der Waals surface area contributed by atoms with E-state index in [0.717, 1.165) is 0 Å². The van der Waals surface area contributed by atoms with E-state index in [1.807, 2.05) is 0 Å². The summed E-state index contributed by atoms with van der Waals surface area (Å²) in [5.41, 5.74) is 0.583. The van der Waals surface area contributed by atoms with Crippen molar-refractivity contribution in [1.82, 2.24) is 0 Å². The number of nitrogens with zero attached hydrogens (tertiary/aromatic N) is 1. The molecule has 1 aliphatic rings. The number of methoxy groups -OCH3 is 1. The molecule has 0 saturated carbocycles. The lowest BCUT2D eigenvalue weighted by molar-refractivity contribution is 0.403. The van der Waals surface area contributed by atoms with E-state index in [0.29, 0.717) is 11.3 Å². The zero-order chi connectivity index (χ0) is 9.47. The largest absolute Gasteiger partial charge is 0.495 e. The second-order valence-electron chi connectivity index (χ2n) is 2.59. The highest BCUT2D eigenvalue weighted by Gasteiger charge is 2.26. The summed E-state index contributed by atoms with van der Waals surface area (Å²) < 4.78 is 31.1. The first kappa shape index (κ1) is 8.25. The lowest BCUT2D eigenvalue weighted by atomic mass is 10.2. The van der Waals surface area contributed by atoms with Crippen molar-refractivity contribution < 1.29 is 13.2 Å². The van der Waals surface area contributed by atoms with Crippen LogP contribution in [0.2, 0.25) is 0 Å². The van der Waals surface area contributed by atoms with E-state index in [2.05, 4.69) is 4.40 Å². The van der Waals surface area contributed by atoms with Crippen LogP contribution in [0.3, 0.4) is 0 Å². The average molecular weight is 197 g/mol. The van der Waals surface area contributed by atoms with Crippen molar-refractivity contribution in [2.24, 2.45) is 4.40 Å². The minimum atomic E-state index is -3.50. The summed E-state index contributed by atoms with van der Waals surface area (Å²) in [6, 6.07) is 5.02. The lowest BCUT2D eigenvalue weighted by Crippen LogP contribution is -1.97. The summed E-state index contributed by atoms with van der Waals surface area (Å²) in [4.78, 5) is 0.164. The summed E-state index contributed by atoms with van der Waals surface area (Å²) in [6.07, 6.45) is 1.33. The van der Waals surface area contributed by atoms with Gasteiger partial charge in [0, 0.05) is 11.8 Å². The maximum Gasteiger partial charge on any atom is 0.286 e. The van der Waals surface area contributed by atoms with E-state index in [-0.39, 0.29) is 4.90 Å². The van der Waals surface area contributed by atoms with Gasteiger partial charge >= 0.3 is 0 Å². The van der Waals surface area contributed by atoms with Crippen LogP contribution in [0.1, 0.15) is 5.56 Å². The van der Waals surface area contributed by atoms with Gasteiger partial charge in [-0.05, 0) is 6.07 Å². The summed E-state index contributed by atoms with van der Waals surface area (Å²) in [5, 5.41) is 0. The monoisotopic (exact) mass is 197 g/mol. The maximum atomic E-state index is 11.4. The Morgan fingerprint density at radius 2 is 2.15 bits per heavy atom. The van der Waals surface area contributed by atoms with Gasteiger partial charge in [0.25, 0.3) is 10.0 Å². The van der Waals surface area contributed by atoms with E-state index in [4.69, 9.17) is 4.74 Å². The highest BCUT2D eigenvalue weighted by atomic mass is 32.2. The Hall–Kier alpha value is -1.36. The molecular weight excluding hydrogens is 190 g/mol. The van der Waals surface area contributed by atoms with Gasteiger partial charge in [-0.2, -0.15) is 12.8 Å². The van der Waals surface area contributed by atoms with Crippen LogP contribution >= 0.6 is 0 Å². The number of hydrogen-bond acceptors (Lipinski definition) is 3. The normalized spacial score (nSPS) is 17.0. The number of benzene rings is 1. The molecule has 1 aromatic carbocycles. The van der Waals surface area contributed by atoms with Crippen LogP contribution in [-0.2, 0) is 10.0 Å². The van der Waals surface area contributed by atoms with Crippen LogP contribution in [0.15, 0.2) is 27.5 Å². The molecule has 0 bridgehead atoms. The fraction of sp³-hybridized carbons (Fsp3) is 0.125. The Labute approximate surface area is 75.9 Å². The Morgan fingerprint density at radius 3 is 2.85 bits per heavy atom. The van der Waals surface area contributed by atoms with Gasteiger partial charge in [0.2, 0.25) is 0 Å². The zero-order valence-corrected chi connectivity index (χ0v) is 7.71. The molecule has 0 radical (unpaired) electrons. The second kappa shape index (κ2) is 2.56. The molecule has 0 fully saturated rings. The molecule has 0 atom stereocenters.